The maximum absolute atomic E-state index is 6.01. The number of fused-ring (bicyclic) bond motifs is 1. The first-order valence-electron chi connectivity index (χ1n) is 7.68. The second-order valence-electron chi connectivity index (χ2n) is 6.33. The highest BCUT2D eigenvalue weighted by molar-refractivity contribution is 6.28. The third-order valence-electron chi connectivity index (χ3n) is 3.77. The number of unbranched alkanes of at least 4 members (excludes halogenated alkanes) is 2. The van der Waals surface area contributed by atoms with E-state index in [0.29, 0.717) is 5.28 Å². The first kappa shape index (κ1) is 16.0. The van der Waals surface area contributed by atoms with Crippen LogP contribution in [0.25, 0.3) is 10.9 Å². The first-order chi connectivity index (χ1) is 10.0. The summed E-state index contributed by atoms with van der Waals surface area (Å²) >= 11 is 6.01. The molecule has 2 aromatic rings. The molecule has 21 heavy (non-hydrogen) atoms. The molecule has 0 aliphatic carbocycles. The quantitative estimate of drug-likeness (QED) is 0.557. The van der Waals surface area contributed by atoms with Gasteiger partial charge in [0.1, 0.15) is 5.82 Å². The molecule has 3 nitrogen and oxygen atoms in total. The zero-order valence-corrected chi connectivity index (χ0v) is 13.9. The van der Waals surface area contributed by atoms with Crippen molar-refractivity contribution in [2.45, 2.75) is 46.5 Å². The van der Waals surface area contributed by atoms with Crippen LogP contribution in [0, 0.1) is 5.41 Å². The normalized spacial score (nSPS) is 11.8. The van der Waals surface area contributed by atoms with Gasteiger partial charge in [-0.1, -0.05) is 52.2 Å². The lowest BCUT2D eigenvalue weighted by atomic mass is 9.87. The average molecular weight is 306 g/mol. The van der Waals surface area contributed by atoms with E-state index >= 15 is 0 Å². The van der Waals surface area contributed by atoms with Crippen LogP contribution in [0.5, 0.6) is 0 Å². The highest BCUT2D eigenvalue weighted by Crippen LogP contribution is 2.27. The van der Waals surface area contributed by atoms with Gasteiger partial charge in [0.2, 0.25) is 5.28 Å². The van der Waals surface area contributed by atoms with Gasteiger partial charge in [-0.2, -0.15) is 0 Å². The summed E-state index contributed by atoms with van der Waals surface area (Å²) in [7, 11) is 0. The number of hydrogen-bond donors (Lipinski definition) is 1. The van der Waals surface area contributed by atoms with E-state index in [1.807, 2.05) is 24.3 Å². The van der Waals surface area contributed by atoms with Crippen LogP contribution in [0.3, 0.4) is 0 Å². The standard InChI is InChI=1S/C17H24ClN3/c1-4-5-8-11-17(2,3)12-19-15-13-9-6-7-10-14(13)20-16(18)21-15/h6-7,9-10H,4-5,8,11-12H2,1-3H3,(H,19,20,21). The van der Waals surface area contributed by atoms with Gasteiger partial charge in [-0.25, -0.2) is 9.97 Å². The smallest absolute Gasteiger partial charge is 0.224 e. The maximum atomic E-state index is 6.01. The molecule has 0 spiro atoms. The van der Waals surface area contributed by atoms with E-state index in [-0.39, 0.29) is 5.41 Å². The zero-order chi connectivity index (χ0) is 15.3. The van der Waals surface area contributed by atoms with Crippen LogP contribution in [0.4, 0.5) is 5.82 Å². The van der Waals surface area contributed by atoms with Gasteiger partial charge in [0.25, 0.3) is 0 Å². The number of anilines is 1. The van der Waals surface area contributed by atoms with Gasteiger partial charge >= 0.3 is 0 Å². The van der Waals surface area contributed by atoms with Crippen molar-refractivity contribution in [3.05, 3.63) is 29.5 Å². The number of para-hydroxylation sites is 1. The number of benzene rings is 1. The van der Waals surface area contributed by atoms with E-state index < -0.39 is 0 Å². The molecule has 0 atom stereocenters. The highest BCUT2D eigenvalue weighted by atomic mass is 35.5. The predicted molar refractivity (Wildman–Crippen MR) is 91.0 cm³/mol. The third kappa shape index (κ3) is 4.57. The molecule has 1 heterocycles. The fraction of sp³-hybridized carbons (Fsp3) is 0.529. The summed E-state index contributed by atoms with van der Waals surface area (Å²) in [5, 5.41) is 4.77. The minimum absolute atomic E-state index is 0.244. The summed E-state index contributed by atoms with van der Waals surface area (Å²) in [6, 6.07) is 7.94. The molecule has 1 aromatic carbocycles. The summed E-state index contributed by atoms with van der Waals surface area (Å²) in [6.07, 6.45) is 5.04. The van der Waals surface area contributed by atoms with Crippen molar-refractivity contribution in [3.8, 4) is 0 Å². The SMILES string of the molecule is CCCCCC(C)(C)CNc1nc(Cl)nc2ccccc12. The van der Waals surface area contributed by atoms with Crippen LogP contribution in [-0.4, -0.2) is 16.5 Å². The van der Waals surface area contributed by atoms with E-state index in [1.54, 1.807) is 0 Å². The minimum Gasteiger partial charge on any atom is -0.369 e. The lowest BCUT2D eigenvalue weighted by Gasteiger charge is -2.25. The molecular formula is C17H24ClN3. The predicted octanol–water partition coefficient (Wildman–Crippen LogP) is 5.30. The van der Waals surface area contributed by atoms with Gasteiger partial charge in [-0.05, 0) is 35.6 Å². The number of hydrogen-bond acceptors (Lipinski definition) is 3. The molecule has 0 fully saturated rings. The Morgan fingerprint density at radius 2 is 1.90 bits per heavy atom. The van der Waals surface area contributed by atoms with Crippen molar-refractivity contribution >= 4 is 28.3 Å². The van der Waals surface area contributed by atoms with Crippen molar-refractivity contribution in [1.29, 1.82) is 0 Å². The summed E-state index contributed by atoms with van der Waals surface area (Å²) in [5.41, 5.74) is 1.12. The Morgan fingerprint density at radius 3 is 2.67 bits per heavy atom. The fourth-order valence-electron chi connectivity index (χ4n) is 2.45. The second-order valence-corrected chi connectivity index (χ2v) is 6.67. The molecule has 0 aliphatic rings. The molecule has 0 bridgehead atoms. The Balaban J connectivity index is 2.09. The van der Waals surface area contributed by atoms with Crippen LogP contribution in [0.2, 0.25) is 5.28 Å². The zero-order valence-electron chi connectivity index (χ0n) is 13.1. The molecule has 114 valence electrons. The molecule has 1 aromatic heterocycles. The highest BCUT2D eigenvalue weighted by Gasteiger charge is 2.18. The van der Waals surface area contributed by atoms with Gasteiger partial charge in [0.05, 0.1) is 5.52 Å². The maximum Gasteiger partial charge on any atom is 0.224 e. The van der Waals surface area contributed by atoms with Crippen molar-refractivity contribution in [2.24, 2.45) is 5.41 Å². The molecule has 0 unspecified atom stereocenters. The van der Waals surface area contributed by atoms with Gasteiger partial charge in [0, 0.05) is 11.9 Å². The van der Waals surface area contributed by atoms with Crippen LogP contribution >= 0.6 is 11.6 Å². The summed E-state index contributed by atoms with van der Waals surface area (Å²) in [6.45, 7) is 7.70. The summed E-state index contributed by atoms with van der Waals surface area (Å²) < 4.78 is 0. The van der Waals surface area contributed by atoms with E-state index in [4.69, 9.17) is 11.6 Å². The largest absolute Gasteiger partial charge is 0.369 e. The topological polar surface area (TPSA) is 37.8 Å². The molecule has 0 saturated carbocycles. The molecule has 0 amide bonds. The number of rotatable bonds is 7. The Labute approximate surface area is 132 Å². The Bertz CT molecular complexity index is 596. The Morgan fingerprint density at radius 1 is 1.14 bits per heavy atom. The van der Waals surface area contributed by atoms with Gasteiger partial charge in [-0.15, -0.1) is 0 Å². The van der Waals surface area contributed by atoms with Crippen molar-refractivity contribution in [2.75, 3.05) is 11.9 Å². The number of nitrogens with one attached hydrogen (secondary N) is 1. The second kappa shape index (κ2) is 7.08. The first-order valence-corrected chi connectivity index (χ1v) is 8.06. The van der Waals surface area contributed by atoms with E-state index in [1.165, 1.54) is 25.7 Å². The molecule has 0 saturated heterocycles. The number of halogens is 1. The Kier molecular flexibility index (Phi) is 5.40. The lowest BCUT2D eigenvalue weighted by Crippen LogP contribution is -2.23. The number of aromatic nitrogens is 2. The molecule has 1 N–H and O–H groups in total. The lowest BCUT2D eigenvalue weighted by molar-refractivity contribution is 0.342. The average Bonchev–Trinajstić information content (AvgIpc) is 2.45. The van der Waals surface area contributed by atoms with Crippen LogP contribution in [-0.2, 0) is 0 Å². The third-order valence-corrected chi connectivity index (χ3v) is 3.94. The summed E-state index contributed by atoms with van der Waals surface area (Å²) in [4.78, 5) is 8.60. The molecule has 0 aliphatic heterocycles. The summed E-state index contributed by atoms with van der Waals surface area (Å²) in [5.74, 6) is 0.828. The van der Waals surface area contributed by atoms with Crippen LogP contribution in [0.1, 0.15) is 46.5 Å². The number of nitrogens with zero attached hydrogens (tertiary/aromatic N) is 2. The van der Waals surface area contributed by atoms with Gasteiger partial charge in [0.15, 0.2) is 0 Å². The molecule has 0 radical (unpaired) electrons. The van der Waals surface area contributed by atoms with E-state index in [2.05, 4.69) is 36.1 Å². The fourth-order valence-corrected chi connectivity index (χ4v) is 2.62. The van der Waals surface area contributed by atoms with E-state index in [9.17, 15) is 0 Å². The Hall–Kier alpha value is -1.35. The van der Waals surface area contributed by atoms with Crippen molar-refractivity contribution in [3.63, 3.8) is 0 Å². The van der Waals surface area contributed by atoms with Gasteiger partial charge < -0.3 is 5.32 Å². The van der Waals surface area contributed by atoms with Crippen molar-refractivity contribution in [1.82, 2.24) is 9.97 Å². The van der Waals surface area contributed by atoms with E-state index in [0.717, 1.165) is 23.3 Å². The molecular weight excluding hydrogens is 282 g/mol. The molecule has 2 rings (SSSR count). The van der Waals surface area contributed by atoms with Crippen LogP contribution in [0.15, 0.2) is 24.3 Å². The monoisotopic (exact) mass is 305 g/mol. The van der Waals surface area contributed by atoms with Gasteiger partial charge in [-0.3, -0.25) is 0 Å². The molecule has 4 heteroatoms. The van der Waals surface area contributed by atoms with Crippen LogP contribution < -0.4 is 5.32 Å². The minimum atomic E-state index is 0.244. The van der Waals surface area contributed by atoms with Crippen molar-refractivity contribution < 1.29 is 0 Å².